The van der Waals surface area contributed by atoms with Crippen LogP contribution in [-0.4, -0.2) is 106 Å². The fourth-order valence-electron chi connectivity index (χ4n) is 5.49. The molecule has 0 spiro atoms. The van der Waals surface area contributed by atoms with E-state index in [9.17, 15) is 29.4 Å². The van der Waals surface area contributed by atoms with Gasteiger partial charge in [-0.3, -0.25) is 4.79 Å². The molecule has 3 heterocycles. The molecule has 6 atom stereocenters. The topological polar surface area (TPSA) is 137 Å². The van der Waals surface area contributed by atoms with Crippen LogP contribution >= 0.6 is 11.8 Å². The average Bonchev–Trinajstić information content (AvgIpc) is 3.37. The highest BCUT2D eigenvalue weighted by atomic mass is 32.2. The number of carboxylic acid groups (broad SMARTS) is 1. The summed E-state index contributed by atoms with van der Waals surface area (Å²) in [7, 11) is 1.59. The van der Waals surface area contributed by atoms with Crippen LogP contribution in [0.4, 0.5) is 9.59 Å². The number of ether oxygens (including phenoxy) is 2. The third-order valence-electron chi connectivity index (χ3n) is 7.16. The minimum absolute atomic E-state index is 0.0452. The molecule has 3 aliphatic heterocycles. The molecular formula is C27H37N3O8S. The summed E-state index contributed by atoms with van der Waals surface area (Å²) in [5, 5.41) is 19.9. The lowest BCUT2D eigenvalue weighted by Crippen LogP contribution is -2.63. The quantitative estimate of drug-likeness (QED) is 0.271. The van der Waals surface area contributed by atoms with Gasteiger partial charge in [0.2, 0.25) is 5.91 Å². The van der Waals surface area contributed by atoms with E-state index in [0.717, 1.165) is 0 Å². The van der Waals surface area contributed by atoms with Crippen molar-refractivity contribution < 1.29 is 38.9 Å². The second-order valence-corrected chi connectivity index (χ2v) is 11.4. The largest absolute Gasteiger partial charge is 0.477 e. The lowest BCUT2D eigenvalue weighted by molar-refractivity contribution is -0.163. The highest BCUT2D eigenvalue weighted by molar-refractivity contribution is 8.03. The number of β-lactam (4-membered cyclic amide) rings is 1. The van der Waals surface area contributed by atoms with Crippen molar-refractivity contribution in [3.8, 4) is 0 Å². The summed E-state index contributed by atoms with van der Waals surface area (Å²) in [6, 6.07) is -0.701. The van der Waals surface area contributed by atoms with Gasteiger partial charge in [0.1, 0.15) is 18.9 Å². The minimum Gasteiger partial charge on any atom is -0.477 e. The lowest BCUT2D eigenvalue weighted by atomic mass is 9.79. The van der Waals surface area contributed by atoms with Crippen molar-refractivity contribution in [2.24, 2.45) is 11.8 Å². The SMILES string of the molecule is C=CCOC(=O)N(C)CC(=C)C[C@H]1C[C@H](SC2=C(C(=O)O)N3C(=O)[C@H]([C@@H](C)O)[C@H]3[C@H]2C)CN1C(=O)OCC=C. The number of carboxylic acids is 1. The molecule has 0 unspecified atom stereocenters. The Bertz CT molecular complexity index is 1070. The third-order valence-corrected chi connectivity index (χ3v) is 8.66. The van der Waals surface area contributed by atoms with Crippen molar-refractivity contribution in [3.05, 3.63) is 48.1 Å². The number of likely N-dealkylation sites (tertiary alicyclic amines) is 1. The number of nitrogens with zero attached hydrogens (tertiary/aromatic N) is 3. The van der Waals surface area contributed by atoms with Crippen LogP contribution in [0.15, 0.2) is 48.1 Å². The van der Waals surface area contributed by atoms with E-state index in [1.165, 1.54) is 40.6 Å². The van der Waals surface area contributed by atoms with Gasteiger partial charge in [-0.2, -0.15) is 0 Å². The molecular weight excluding hydrogens is 526 g/mol. The molecule has 0 saturated carbocycles. The molecule has 11 nitrogen and oxygen atoms in total. The maximum Gasteiger partial charge on any atom is 0.410 e. The Hall–Kier alpha value is -3.25. The van der Waals surface area contributed by atoms with Crippen LogP contribution in [0, 0.1) is 11.8 Å². The van der Waals surface area contributed by atoms with Gasteiger partial charge in [0.25, 0.3) is 0 Å². The number of carbonyl (C=O) groups excluding carboxylic acids is 3. The number of hydrogen-bond acceptors (Lipinski definition) is 8. The Balaban J connectivity index is 1.75. The molecule has 2 N–H and O–H groups in total. The maximum absolute atomic E-state index is 12.9. The molecule has 12 heteroatoms. The van der Waals surface area contributed by atoms with Crippen molar-refractivity contribution in [1.29, 1.82) is 0 Å². The molecule has 3 rings (SSSR count). The number of amides is 3. The molecule has 0 bridgehead atoms. The van der Waals surface area contributed by atoms with E-state index in [1.54, 1.807) is 11.9 Å². The first-order valence-corrected chi connectivity index (χ1v) is 13.7. The predicted molar refractivity (Wildman–Crippen MR) is 146 cm³/mol. The predicted octanol–water partition coefficient (Wildman–Crippen LogP) is 2.84. The van der Waals surface area contributed by atoms with E-state index in [1.807, 2.05) is 6.92 Å². The van der Waals surface area contributed by atoms with E-state index >= 15 is 0 Å². The molecule has 214 valence electrons. The minimum atomic E-state index is -1.19. The van der Waals surface area contributed by atoms with Crippen LogP contribution in [0.2, 0.25) is 0 Å². The van der Waals surface area contributed by atoms with Crippen LogP contribution in [0.5, 0.6) is 0 Å². The van der Waals surface area contributed by atoms with Gasteiger partial charge < -0.3 is 34.4 Å². The van der Waals surface area contributed by atoms with Gasteiger partial charge in [-0.25, -0.2) is 14.4 Å². The standard InChI is InChI=1S/C27H37N3O8S/c1-7-9-37-26(35)28(6)13-15(3)11-18-12-19(14-29(18)27(36)38-10-8-2)39-23-16(4)21-20(17(5)31)24(32)30(21)22(23)25(33)34/h7-8,16-21,31H,1-3,9-14H2,4-6H3,(H,33,34)/t16-,17-,18+,19+,20-,21-/m1/s1. The number of carbonyl (C=O) groups is 4. The van der Waals surface area contributed by atoms with Gasteiger partial charge in [0.15, 0.2) is 0 Å². The third kappa shape index (κ3) is 6.33. The average molecular weight is 564 g/mol. The number of rotatable bonds is 12. The first kappa shape index (κ1) is 30.3. The van der Waals surface area contributed by atoms with Crippen molar-refractivity contribution in [2.75, 3.05) is 33.4 Å². The fraction of sp³-hybridized carbons (Fsp3) is 0.556. The van der Waals surface area contributed by atoms with E-state index in [-0.39, 0.29) is 48.6 Å². The van der Waals surface area contributed by atoms with E-state index < -0.39 is 36.2 Å². The van der Waals surface area contributed by atoms with Gasteiger partial charge in [-0.15, -0.1) is 11.8 Å². The fourth-order valence-corrected chi connectivity index (χ4v) is 7.05. The summed E-state index contributed by atoms with van der Waals surface area (Å²) in [4.78, 5) is 54.7. The Kier molecular flexibility index (Phi) is 9.89. The maximum atomic E-state index is 12.9. The van der Waals surface area contributed by atoms with Gasteiger partial charge in [-0.05, 0) is 19.8 Å². The van der Waals surface area contributed by atoms with Gasteiger partial charge in [-0.1, -0.05) is 44.4 Å². The van der Waals surface area contributed by atoms with E-state index in [4.69, 9.17) is 9.47 Å². The summed E-state index contributed by atoms with van der Waals surface area (Å²) in [6.45, 7) is 15.3. The smallest absolute Gasteiger partial charge is 0.410 e. The zero-order valence-corrected chi connectivity index (χ0v) is 23.4. The molecule has 0 radical (unpaired) electrons. The Labute approximate surface area is 232 Å². The first-order valence-electron chi connectivity index (χ1n) is 12.8. The molecule has 3 amide bonds. The highest BCUT2D eigenvalue weighted by Gasteiger charge is 2.60. The van der Waals surface area contributed by atoms with E-state index in [2.05, 4.69) is 19.7 Å². The molecule has 0 aromatic heterocycles. The monoisotopic (exact) mass is 563 g/mol. The summed E-state index contributed by atoms with van der Waals surface area (Å²) in [5.41, 5.74) is 0.659. The van der Waals surface area contributed by atoms with Gasteiger partial charge in [0.05, 0.1) is 18.1 Å². The van der Waals surface area contributed by atoms with Crippen LogP contribution in [0.1, 0.15) is 26.7 Å². The number of aliphatic hydroxyl groups is 1. The zero-order chi connectivity index (χ0) is 29.0. The zero-order valence-electron chi connectivity index (χ0n) is 22.6. The van der Waals surface area contributed by atoms with Crippen LogP contribution in [0.25, 0.3) is 0 Å². The molecule has 0 aromatic carbocycles. The Morgan fingerprint density at radius 2 is 1.87 bits per heavy atom. The summed E-state index contributed by atoms with van der Waals surface area (Å²) in [6.07, 6.45) is 1.96. The molecule has 3 aliphatic rings. The molecule has 39 heavy (non-hydrogen) atoms. The van der Waals surface area contributed by atoms with Crippen LogP contribution < -0.4 is 0 Å². The van der Waals surface area contributed by atoms with Crippen LogP contribution in [0.3, 0.4) is 0 Å². The van der Waals surface area contributed by atoms with Gasteiger partial charge in [0, 0.05) is 42.3 Å². The summed E-state index contributed by atoms with van der Waals surface area (Å²) >= 11 is 1.36. The number of aliphatic carboxylic acids is 1. The number of likely N-dealkylation sites (N-methyl/N-ethyl adjacent to an activating group) is 1. The first-order chi connectivity index (χ1) is 18.4. The number of hydrogen-bond donors (Lipinski definition) is 2. The number of fused-ring (bicyclic) bond motifs is 1. The Morgan fingerprint density at radius 3 is 2.46 bits per heavy atom. The molecule has 0 aromatic rings. The molecule has 0 aliphatic carbocycles. The van der Waals surface area contributed by atoms with E-state index in [0.29, 0.717) is 29.9 Å². The summed E-state index contributed by atoms with van der Waals surface area (Å²) in [5.74, 6) is -2.50. The molecule has 2 saturated heterocycles. The number of aliphatic hydroxyl groups excluding tert-OH is 1. The highest BCUT2D eigenvalue weighted by Crippen LogP contribution is 2.52. The van der Waals surface area contributed by atoms with Crippen molar-refractivity contribution in [3.63, 3.8) is 0 Å². The lowest BCUT2D eigenvalue weighted by Gasteiger charge is -2.46. The normalized spacial score (nSPS) is 26.5. The second-order valence-electron chi connectivity index (χ2n) is 10.1. The Morgan fingerprint density at radius 1 is 1.23 bits per heavy atom. The van der Waals surface area contributed by atoms with Crippen LogP contribution in [-0.2, 0) is 19.1 Å². The molecule has 2 fully saturated rings. The second kappa shape index (κ2) is 12.7. The van der Waals surface area contributed by atoms with Gasteiger partial charge >= 0.3 is 18.2 Å². The van der Waals surface area contributed by atoms with Crippen molar-refractivity contribution in [1.82, 2.24) is 14.7 Å². The van der Waals surface area contributed by atoms with Crippen molar-refractivity contribution >= 4 is 35.8 Å². The summed E-state index contributed by atoms with van der Waals surface area (Å²) < 4.78 is 10.3. The van der Waals surface area contributed by atoms with Crippen molar-refractivity contribution in [2.45, 2.75) is 50.1 Å². The number of thioether (sulfide) groups is 1.